The van der Waals surface area contributed by atoms with E-state index in [4.69, 9.17) is 9.47 Å². The van der Waals surface area contributed by atoms with Crippen LogP contribution in [-0.2, 0) is 6.54 Å². The first-order chi connectivity index (χ1) is 10.9. The summed E-state index contributed by atoms with van der Waals surface area (Å²) in [4.78, 5) is 4.12. The molecule has 0 aliphatic rings. The number of aromatic nitrogens is 1. The fraction of sp³-hybridized carbons (Fsp3) is 0.389. The second-order valence-corrected chi connectivity index (χ2v) is 5.04. The van der Waals surface area contributed by atoms with Crippen LogP contribution in [0.2, 0.25) is 0 Å². The summed E-state index contributed by atoms with van der Waals surface area (Å²) >= 11 is 0. The fourth-order valence-electron chi connectivity index (χ4n) is 2.00. The minimum atomic E-state index is 0.670. The number of rotatable bonds is 10. The summed E-state index contributed by atoms with van der Waals surface area (Å²) in [6.07, 6.45) is 3.71. The van der Waals surface area contributed by atoms with Gasteiger partial charge in [0.1, 0.15) is 5.75 Å². The Morgan fingerprint density at radius 3 is 2.82 bits per heavy atom. The minimum absolute atomic E-state index is 0.670. The molecule has 0 saturated heterocycles. The van der Waals surface area contributed by atoms with Crippen LogP contribution in [-0.4, -0.2) is 24.7 Å². The molecular weight excluding hydrogens is 276 g/mol. The number of benzene rings is 1. The molecule has 0 aliphatic heterocycles. The number of ether oxygens (including phenoxy) is 2. The van der Waals surface area contributed by atoms with Crippen LogP contribution in [0.15, 0.2) is 48.7 Å². The third-order valence-electron chi connectivity index (χ3n) is 3.09. The molecule has 0 radical (unpaired) electrons. The smallest absolute Gasteiger partial charge is 0.213 e. The zero-order valence-electron chi connectivity index (χ0n) is 13.1. The van der Waals surface area contributed by atoms with E-state index in [1.807, 2.05) is 30.3 Å². The van der Waals surface area contributed by atoms with Gasteiger partial charge >= 0.3 is 0 Å². The molecular formula is C18H24N2O2. The van der Waals surface area contributed by atoms with E-state index in [0.717, 1.165) is 38.3 Å². The second-order valence-electron chi connectivity index (χ2n) is 5.04. The lowest BCUT2D eigenvalue weighted by atomic mass is 10.2. The van der Waals surface area contributed by atoms with Gasteiger partial charge in [-0.3, -0.25) is 0 Å². The number of nitrogens with one attached hydrogen (secondary N) is 1. The van der Waals surface area contributed by atoms with Gasteiger partial charge in [0.05, 0.1) is 13.2 Å². The maximum absolute atomic E-state index is 5.63. The predicted octanol–water partition coefficient (Wildman–Crippen LogP) is 3.43. The van der Waals surface area contributed by atoms with E-state index in [-0.39, 0.29) is 0 Å². The van der Waals surface area contributed by atoms with Gasteiger partial charge in [0.2, 0.25) is 5.88 Å². The van der Waals surface area contributed by atoms with Gasteiger partial charge in [0.15, 0.2) is 0 Å². The van der Waals surface area contributed by atoms with Gasteiger partial charge in [-0.1, -0.05) is 25.1 Å². The average Bonchev–Trinajstić information content (AvgIpc) is 2.57. The highest BCUT2D eigenvalue weighted by Gasteiger charge is 1.97. The Hall–Kier alpha value is -2.07. The molecule has 4 nitrogen and oxygen atoms in total. The van der Waals surface area contributed by atoms with Crippen LogP contribution in [0.5, 0.6) is 11.6 Å². The molecule has 0 fully saturated rings. The Morgan fingerprint density at radius 2 is 2.00 bits per heavy atom. The number of hydrogen-bond acceptors (Lipinski definition) is 4. The summed E-state index contributed by atoms with van der Waals surface area (Å²) < 4.78 is 11.2. The van der Waals surface area contributed by atoms with E-state index < -0.39 is 0 Å². The van der Waals surface area contributed by atoms with E-state index in [1.54, 1.807) is 6.20 Å². The van der Waals surface area contributed by atoms with Gasteiger partial charge in [-0.05, 0) is 43.1 Å². The molecule has 0 spiro atoms. The first-order valence-corrected chi connectivity index (χ1v) is 7.85. The topological polar surface area (TPSA) is 43.4 Å². The highest BCUT2D eigenvalue weighted by molar-refractivity contribution is 5.28. The van der Waals surface area contributed by atoms with Crippen molar-refractivity contribution in [2.45, 2.75) is 26.3 Å². The van der Waals surface area contributed by atoms with Crippen LogP contribution < -0.4 is 14.8 Å². The van der Waals surface area contributed by atoms with E-state index in [9.17, 15) is 0 Å². The molecule has 0 unspecified atom stereocenters. The molecule has 22 heavy (non-hydrogen) atoms. The SMILES string of the molecule is CCCOc1cccc(CNCCCOc2ccccn2)c1. The van der Waals surface area contributed by atoms with E-state index in [2.05, 4.69) is 29.4 Å². The van der Waals surface area contributed by atoms with Crippen molar-refractivity contribution in [1.82, 2.24) is 10.3 Å². The van der Waals surface area contributed by atoms with E-state index in [0.29, 0.717) is 12.5 Å². The van der Waals surface area contributed by atoms with Crippen molar-refractivity contribution in [2.24, 2.45) is 0 Å². The molecule has 2 rings (SSSR count). The molecule has 1 aromatic carbocycles. The van der Waals surface area contributed by atoms with Crippen LogP contribution in [0.3, 0.4) is 0 Å². The third-order valence-corrected chi connectivity index (χ3v) is 3.09. The lowest BCUT2D eigenvalue weighted by Gasteiger charge is -2.09. The Labute approximate surface area is 132 Å². The zero-order chi connectivity index (χ0) is 15.5. The molecule has 1 aromatic heterocycles. The standard InChI is InChI=1S/C18H24N2O2/c1-2-12-21-17-8-5-7-16(14-17)15-19-10-6-13-22-18-9-3-4-11-20-18/h3-5,7-9,11,14,19H,2,6,10,12-13,15H2,1H3. The quantitative estimate of drug-likeness (QED) is 0.683. The van der Waals surface area contributed by atoms with Gasteiger partial charge in [-0.2, -0.15) is 0 Å². The molecule has 0 atom stereocenters. The normalized spacial score (nSPS) is 10.4. The number of nitrogens with zero attached hydrogens (tertiary/aromatic N) is 1. The van der Waals surface area contributed by atoms with Gasteiger partial charge in [0.25, 0.3) is 0 Å². The van der Waals surface area contributed by atoms with Crippen molar-refractivity contribution in [3.05, 3.63) is 54.2 Å². The molecule has 2 aromatic rings. The molecule has 0 aliphatic carbocycles. The summed E-state index contributed by atoms with van der Waals surface area (Å²) in [6, 6.07) is 13.9. The van der Waals surface area contributed by atoms with Crippen LogP contribution in [0.4, 0.5) is 0 Å². The molecule has 0 bridgehead atoms. The summed E-state index contributed by atoms with van der Waals surface area (Å²) in [5, 5.41) is 3.42. The van der Waals surface area contributed by atoms with Gasteiger partial charge < -0.3 is 14.8 Å². The fourth-order valence-corrected chi connectivity index (χ4v) is 2.00. The van der Waals surface area contributed by atoms with Crippen LogP contribution in [0.25, 0.3) is 0 Å². The molecule has 4 heteroatoms. The Balaban J connectivity index is 1.60. The van der Waals surface area contributed by atoms with Crippen LogP contribution in [0, 0.1) is 0 Å². The molecule has 1 N–H and O–H groups in total. The van der Waals surface area contributed by atoms with Crippen molar-refractivity contribution in [3.8, 4) is 11.6 Å². The summed E-state index contributed by atoms with van der Waals surface area (Å²) in [6.45, 7) is 5.30. The van der Waals surface area contributed by atoms with Gasteiger partial charge in [-0.15, -0.1) is 0 Å². The first kappa shape index (κ1) is 16.3. The minimum Gasteiger partial charge on any atom is -0.494 e. The lowest BCUT2D eigenvalue weighted by molar-refractivity contribution is 0.296. The lowest BCUT2D eigenvalue weighted by Crippen LogP contribution is -2.17. The number of pyridine rings is 1. The van der Waals surface area contributed by atoms with Gasteiger partial charge in [0, 0.05) is 18.8 Å². The van der Waals surface area contributed by atoms with Crippen LogP contribution in [0.1, 0.15) is 25.3 Å². The third kappa shape index (κ3) is 6.14. The molecule has 1 heterocycles. The van der Waals surface area contributed by atoms with Crippen LogP contribution >= 0.6 is 0 Å². The highest BCUT2D eigenvalue weighted by Crippen LogP contribution is 2.13. The predicted molar refractivity (Wildman–Crippen MR) is 88.3 cm³/mol. The maximum Gasteiger partial charge on any atom is 0.213 e. The first-order valence-electron chi connectivity index (χ1n) is 7.85. The molecule has 0 amide bonds. The molecule has 118 valence electrons. The van der Waals surface area contributed by atoms with Crippen molar-refractivity contribution < 1.29 is 9.47 Å². The summed E-state index contributed by atoms with van der Waals surface area (Å²) in [5.74, 6) is 1.63. The van der Waals surface area contributed by atoms with Crippen molar-refractivity contribution in [2.75, 3.05) is 19.8 Å². The largest absolute Gasteiger partial charge is 0.494 e. The summed E-state index contributed by atoms with van der Waals surface area (Å²) in [5.41, 5.74) is 1.24. The Kier molecular flexibility index (Phi) is 7.26. The second kappa shape index (κ2) is 9.79. The molecule has 0 saturated carbocycles. The monoisotopic (exact) mass is 300 g/mol. The highest BCUT2D eigenvalue weighted by atomic mass is 16.5. The average molecular weight is 300 g/mol. The summed E-state index contributed by atoms with van der Waals surface area (Å²) in [7, 11) is 0. The Bertz CT molecular complexity index is 532. The number of hydrogen-bond donors (Lipinski definition) is 1. The van der Waals surface area contributed by atoms with Crippen molar-refractivity contribution in [3.63, 3.8) is 0 Å². The van der Waals surface area contributed by atoms with E-state index in [1.165, 1.54) is 5.56 Å². The maximum atomic E-state index is 5.63. The zero-order valence-corrected chi connectivity index (χ0v) is 13.1. The van der Waals surface area contributed by atoms with Crippen molar-refractivity contribution >= 4 is 0 Å². The van der Waals surface area contributed by atoms with Crippen molar-refractivity contribution in [1.29, 1.82) is 0 Å². The van der Waals surface area contributed by atoms with E-state index >= 15 is 0 Å². The Morgan fingerprint density at radius 1 is 1.05 bits per heavy atom. The van der Waals surface area contributed by atoms with Gasteiger partial charge in [-0.25, -0.2) is 4.98 Å².